The van der Waals surface area contributed by atoms with Gasteiger partial charge in [-0.2, -0.15) is 5.26 Å². The van der Waals surface area contributed by atoms with Gasteiger partial charge in [0, 0.05) is 6.54 Å². The van der Waals surface area contributed by atoms with E-state index in [1.165, 1.54) is 18.2 Å². The molecule has 0 atom stereocenters. The van der Waals surface area contributed by atoms with Crippen LogP contribution in [0.3, 0.4) is 0 Å². The average Bonchev–Trinajstić information content (AvgIpc) is 2.34. The molecule has 1 aromatic rings. The predicted octanol–water partition coefficient (Wildman–Crippen LogP) is 1.52. The Hall–Kier alpha value is -0.840. The fourth-order valence-corrected chi connectivity index (χ4v) is 2.95. The summed E-state index contributed by atoms with van der Waals surface area (Å²) >= 11 is 5.85. The van der Waals surface area contributed by atoms with Crippen molar-refractivity contribution in [1.29, 1.82) is 5.26 Å². The molecule has 19 heavy (non-hydrogen) atoms. The van der Waals surface area contributed by atoms with Crippen molar-refractivity contribution in [2.75, 3.05) is 20.1 Å². The lowest BCUT2D eigenvalue weighted by Crippen LogP contribution is -2.27. The molecule has 0 saturated heterocycles. The lowest BCUT2D eigenvalue weighted by Gasteiger charge is -2.08. The smallest absolute Gasteiger partial charge is 0.242 e. The highest BCUT2D eigenvalue weighted by atomic mass is 35.5. The van der Waals surface area contributed by atoms with E-state index < -0.39 is 10.0 Å². The van der Waals surface area contributed by atoms with Gasteiger partial charge in [-0.1, -0.05) is 11.6 Å². The van der Waals surface area contributed by atoms with Gasteiger partial charge in [-0.05, 0) is 38.2 Å². The molecular weight excluding hydrogens is 309 g/mol. The van der Waals surface area contributed by atoms with Gasteiger partial charge in [-0.25, -0.2) is 13.1 Å². The van der Waals surface area contributed by atoms with Crippen LogP contribution in [0.25, 0.3) is 0 Å². The maximum absolute atomic E-state index is 11.9. The van der Waals surface area contributed by atoms with Crippen LogP contribution in [0.15, 0.2) is 23.1 Å². The van der Waals surface area contributed by atoms with Gasteiger partial charge in [0.25, 0.3) is 0 Å². The zero-order valence-electron chi connectivity index (χ0n) is 10.3. The predicted molar refractivity (Wildman–Crippen MR) is 77.1 cm³/mol. The molecule has 0 aliphatic carbocycles. The normalized spacial score (nSPS) is 10.6. The van der Waals surface area contributed by atoms with E-state index in [1.807, 2.05) is 6.07 Å². The summed E-state index contributed by atoms with van der Waals surface area (Å²) in [6.07, 6.45) is 0.684. The maximum atomic E-state index is 11.9. The van der Waals surface area contributed by atoms with Crippen LogP contribution in [0.2, 0.25) is 5.02 Å². The summed E-state index contributed by atoms with van der Waals surface area (Å²) in [5, 5.41) is 11.6. The first-order valence-corrected chi connectivity index (χ1v) is 7.21. The Bertz CT molecular complexity index is 556. The highest BCUT2D eigenvalue weighted by Crippen LogP contribution is 2.22. The van der Waals surface area contributed by atoms with E-state index in [0.717, 1.165) is 6.54 Å². The fourth-order valence-electron chi connectivity index (χ4n) is 1.34. The van der Waals surface area contributed by atoms with Gasteiger partial charge in [-0.3, -0.25) is 0 Å². The molecule has 1 rings (SSSR count). The third kappa shape index (κ3) is 5.35. The molecule has 0 bridgehead atoms. The standard InChI is InChI=1S/C11H14ClN3O2S.ClH/c1-14-5-2-6-15-18(16,17)11-4-3-9(8-13)7-10(11)12;/h3-4,7,14-15H,2,5-6H2,1H3;1H. The van der Waals surface area contributed by atoms with Crippen molar-refractivity contribution in [1.82, 2.24) is 10.0 Å². The number of nitrogens with zero attached hydrogens (tertiary/aromatic N) is 1. The SMILES string of the molecule is CNCCCNS(=O)(=O)c1ccc(C#N)cc1Cl.Cl. The first kappa shape index (κ1) is 18.2. The number of hydrogen-bond donors (Lipinski definition) is 2. The number of halogens is 2. The van der Waals surface area contributed by atoms with Crippen molar-refractivity contribution in [2.45, 2.75) is 11.3 Å². The number of hydrogen-bond acceptors (Lipinski definition) is 4. The van der Waals surface area contributed by atoms with Gasteiger partial charge in [0.05, 0.1) is 16.7 Å². The van der Waals surface area contributed by atoms with Gasteiger partial charge in [0.15, 0.2) is 0 Å². The van der Waals surface area contributed by atoms with E-state index in [4.69, 9.17) is 16.9 Å². The first-order valence-electron chi connectivity index (χ1n) is 5.35. The quantitative estimate of drug-likeness (QED) is 0.778. The Morgan fingerprint density at radius 2 is 2.05 bits per heavy atom. The molecule has 0 saturated carbocycles. The van der Waals surface area contributed by atoms with Crippen molar-refractivity contribution in [3.05, 3.63) is 28.8 Å². The largest absolute Gasteiger partial charge is 0.320 e. The lowest BCUT2D eigenvalue weighted by molar-refractivity contribution is 0.577. The van der Waals surface area contributed by atoms with Crippen LogP contribution in [0.4, 0.5) is 0 Å². The molecule has 0 aromatic heterocycles. The van der Waals surface area contributed by atoms with E-state index >= 15 is 0 Å². The van der Waals surface area contributed by atoms with Gasteiger partial charge in [0.1, 0.15) is 4.90 Å². The van der Waals surface area contributed by atoms with E-state index in [-0.39, 0.29) is 22.3 Å². The summed E-state index contributed by atoms with van der Waals surface area (Å²) in [5.41, 5.74) is 0.328. The minimum Gasteiger partial charge on any atom is -0.320 e. The van der Waals surface area contributed by atoms with Crippen LogP contribution in [0.5, 0.6) is 0 Å². The number of nitriles is 1. The molecule has 8 heteroatoms. The maximum Gasteiger partial charge on any atom is 0.242 e. The molecule has 0 radical (unpaired) electrons. The summed E-state index contributed by atoms with van der Waals surface area (Å²) < 4.78 is 26.3. The molecule has 5 nitrogen and oxygen atoms in total. The van der Waals surface area contributed by atoms with Crippen LogP contribution in [0, 0.1) is 11.3 Å². The molecule has 0 amide bonds. The Morgan fingerprint density at radius 3 is 2.58 bits per heavy atom. The molecule has 0 fully saturated rings. The van der Waals surface area contributed by atoms with Crippen LogP contribution in [-0.4, -0.2) is 28.6 Å². The Kier molecular flexibility index (Phi) is 7.99. The highest BCUT2D eigenvalue weighted by Gasteiger charge is 2.17. The highest BCUT2D eigenvalue weighted by molar-refractivity contribution is 7.89. The second kappa shape index (κ2) is 8.35. The van der Waals surface area contributed by atoms with E-state index in [0.29, 0.717) is 18.5 Å². The van der Waals surface area contributed by atoms with Gasteiger partial charge in [-0.15, -0.1) is 12.4 Å². The lowest BCUT2D eigenvalue weighted by atomic mass is 10.2. The van der Waals surface area contributed by atoms with Gasteiger partial charge >= 0.3 is 0 Å². The number of nitrogens with one attached hydrogen (secondary N) is 2. The van der Waals surface area contributed by atoms with Gasteiger partial charge < -0.3 is 5.32 Å². The van der Waals surface area contributed by atoms with Crippen molar-refractivity contribution >= 4 is 34.0 Å². The van der Waals surface area contributed by atoms with Crippen molar-refractivity contribution in [3.8, 4) is 6.07 Å². The molecular formula is C11H15Cl2N3O2S. The minimum absolute atomic E-state index is 0. The van der Waals surface area contributed by atoms with Crippen molar-refractivity contribution < 1.29 is 8.42 Å². The molecule has 1 aromatic carbocycles. The van der Waals surface area contributed by atoms with E-state index in [9.17, 15) is 8.42 Å². The second-order valence-corrected chi connectivity index (χ2v) is 5.75. The Balaban J connectivity index is 0.00000324. The Morgan fingerprint density at radius 1 is 1.37 bits per heavy atom. The number of sulfonamides is 1. The molecule has 0 aliphatic heterocycles. The summed E-state index contributed by atoms with van der Waals surface area (Å²) in [7, 11) is -1.82. The monoisotopic (exact) mass is 323 g/mol. The van der Waals surface area contributed by atoms with Crippen LogP contribution < -0.4 is 10.0 Å². The summed E-state index contributed by atoms with van der Waals surface area (Å²) in [4.78, 5) is -0.00683. The summed E-state index contributed by atoms with van der Waals surface area (Å²) in [5.74, 6) is 0. The minimum atomic E-state index is -3.62. The molecule has 2 N–H and O–H groups in total. The third-order valence-corrected chi connectivity index (χ3v) is 4.19. The summed E-state index contributed by atoms with van der Waals surface area (Å²) in [6, 6.07) is 5.99. The molecule has 0 spiro atoms. The van der Waals surface area contributed by atoms with Crippen molar-refractivity contribution in [3.63, 3.8) is 0 Å². The van der Waals surface area contributed by atoms with E-state index in [1.54, 1.807) is 7.05 Å². The fraction of sp³-hybridized carbons (Fsp3) is 0.364. The molecule has 0 unspecified atom stereocenters. The molecule has 0 aliphatic rings. The van der Waals surface area contributed by atoms with E-state index in [2.05, 4.69) is 10.0 Å². The average molecular weight is 324 g/mol. The van der Waals surface area contributed by atoms with Crippen LogP contribution >= 0.6 is 24.0 Å². The first-order chi connectivity index (χ1) is 8.51. The topological polar surface area (TPSA) is 82.0 Å². The van der Waals surface area contributed by atoms with Crippen LogP contribution in [0.1, 0.15) is 12.0 Å². The van der Waals surface area contributed by atoms with Crippen LogP contribution in [-0.2, 0) is 10.0 Å². The third-order valence-electron chi connectivity index (χ3n) is 2.25. The zero-order valence-corrected chi connectivity index (χ0v) is 12.7. The molecule has 106 valence electrons. The summed E-state index contributed by atoms with van der Waals surface area (Å²) in [6.45, 7) is 1.06. The Labute approximate surface area is 124 Å². The number of benzene rings is 1. The number of rotatable bonds is 6. The molecule has 0 heterocycles. The van der Waals surface area contributed by atoms with Gasteiger partial charge in [0.2, 0.25) is 10.0 Å². The zero-order chi connectivity index (χ0) is 13.6. The second-order valence-electron chi connectivity index (χ2n) is 3.61. The van der Waals surface area contributed by atoms with Crippen molar-refractivity contribution in [2.24, 2.45) is 0 Å².